The van der Waals surface area contributed by atoms with Crippen molar-refractivity contribution in [2.24, 2.45) is 5.41 Å². The Morgan fingerprint density at radius 2 is 1.75 bits per heavy atom. The van der Waals surface area contributed by atoms with Crippen LogP contribution in [0.4, 0.5) is 0 Å². The van der Waals surface area contributed by atoms with Crippen LogP contribution in [-0.4, -0.2) is 24.6 Å². The molecule has 0 aliphatic carbocycles. The molecule has 0 atom stereocenters. The third kappa shape index (κ3) is 4.16. The number of benzene rings is 1. The largest absolute Gasteiger partial charge is 0.468 e. The van der Waals surface area contributed by atoms with Gasteiger partial charge in [-0.05, 0) is 25.5 Å². The van der Waals surface area contributed by atoms with Crippen molar-refractivity contribution in [3.05, 3.63) is 42.0 Å². The monoisotopic (exact) mass is 274 g/mol. The molecule has 1 aromatic rings. The Bertz CT molecular complexity index is 527. The molecule has 0 N–H and O–H groups in total. The highest BCUT2D eigenvalue weighted by atomic mass is 16.5. The molecule has 0 aliphatic heterocycles. The fourth-order valence-corrected chi connectivity index (χ4v) is 1.56. The molecule has 0 aliphatic rings. The van der Waals surface area contributed by atoms with E-state index < -0.39 is 17.2 Å². The minimum absolute atomic E-state index is 0.314. The Morgan fingerprint density at radius 3 is 2.30 bits per heavy atom. The fourth-order valence-electron chi connectivity index (χ4n) is 1.56. The van der Waals surface area contributed by atoms with E-state index in [1.807, 2.05) is 30.3 Å². The summed E-state index contributed by atoms with van der Waals surface area (Å²) in [6.45, 7) is 2.91. The first-order valence-corrected chi connectivity index (χ1v) is 6.25. The average Bonchev–Trinajstić information content (AvgIpc) is 2.45. The van der Waals surface area contributed by atoms with E-state index in [4.69, 9.17) is 0 Å². The summed E-state index contributed by atoms with van der Waals surface area (Å²) in [6, 6.07) is 9.29. The zero-order chi connectivity index (χ0) is 15.2. The number of Topliss-reactive ketones (excluding diaryl/α,β-unsaturated/α-hetero) is 1. The molecule has 4 heteroatoms. The lowest BCUT2D eigenvalue weighted by molar-refractivity contribution is -0.155. The summed E-state index contributed by atoms with van der Waals surface area (Å²) >= 11 is 0. The summed E-state index contributed by atoms with van der Waals surface area (Å²) in [7, 11) is 1.22. The molecule has 0 aromatic heterocycles. The normalized spacial score (nSPS) is 11.3. The number of ether oxygens (including phenoxy) is 1. The molecule has 0 unspecified atom stereocenters. The Labute approximate surface area is 118 Å². The highest BCUT2D eigenvalue weighted by molar-refractivity contribution is 6.13. The van der Waals surface area contributed by atoms with Gasteiger partial charge in [-0.25, -0.2) is 0 Å². The van der Waals surface area contributed by atoms with E-state index >= 15 is 0 Å². The second-order valence-corrected chi connectivity index (χ2v) is 4.93. The van der Waals surface area contributed by atoms with Gasteiger partial charge < -0.3 is 4.74 Å². The van der Waals surface area contributed by atoms with Crippen molar-refractivity contribution in [3.63, 3.8) is 0 Å². The number of methoxy groups -OCH3 is 1. The summed E-state index contributed by atoms with van der Waals surface area (Å²) in [5.74, 6) is -1.43. The maximum atomic E-state index is 11.9. The molecule has 0 fully saturated rings. The van der Waals surface area contributed by atoms with Crippen molar-refractivity contribution in [1.82, 2.24) is 0 Å². The van der Waals surface area contributed by atoms with Crippen molar-refractivity contribution in [1.29, 1.82) is 0 Å². The summed E-state index contributed by atoms with van der Waals surface area (Å²) in [5, 5.41) is 0. The van der Waals surface area contributed by atoms with Gasteiger partial charge in [-0.2, -0.15) is 0 Å². The van der Waals surface area contributed by atoms with E-state index in [2.05, 4.69) is 4.74 Å². The van der Waals surface area contributed by atoms with Crippen LogP contribution in [0.2, 0.25) is 0 Å². The standard InChI is InChI=1S/C16H18O4/c1-16(2,15(19)20-3)14(18)11-13(17)10-9-12-7-5-4-6-8-12/h4-10H,11H2,1-3H3/b10-9+. The van der Waals surface area contributed by atoms with Crippen molar-refractivity contribution >= 4 is 23.6 Å². The first-order chi connectivity index (χ1) is 9.37. The maximum Gasteiger partial charge on any atom is 0.318 e. The second-order valence-electron chi connectivity index (χ2n) is 4.93. The van der Waals surface area contributed by atoms with Crippen LogP contribution in [0.3, 0.4) is 0 Å². The van der Waals surface area contributed by atoms with Gasteiger partial charge in [-0.3, -0.25) is 14.4 Å². The molecule has 106 valence electrons. The summed E-state index contributed by atoms with van der Waals surface area (Å²) in [4.78, 5) is 35.1. The molecule has 0 radical (unpaired) electrons. The maximum absolute atomic E-state index is 11.9. The van der Waals surface area contributed by atoms with E-state index in [1.54, 1.807) is 6.08 Å². The minimum atomic E-state index is -1.30. The van der Waals surface area contributed by atoms with Gasteiger partial charge in [0.15, 0.2) is 11.6 Å². The van der Waals surface area contributed by atoms with Crippen molar-refractivity contribution in [2.75, 3.05) is 7.11 Å². The Balaban J connectivity index is 2.65. The van der Waals surface area contributed by atoms with Crippen molar-refractivity contribution < 1.29 is 19.1 Å². The number of rotatable bonds is 6. The summed E-state index contributed by atoms with van der Waals surface area (Å²) < 4.78 is 4.56. The second kappa shape index (κ2) is 6.80. The predicted molar refractivity (Wildman–Crippen MR) is 75.9 cm³/mol. The zero-order valence-electron chi connectivity index (χ0n) is 11.9. The number of esters is 1. The van der Waals surface area contributed by atoms with E-state index in [0.717, 1.165) is 5.56 Å². The van der Waals surface area contributed by atoms with E-state index in [-0.39, 0.29) is 12.2 Å². The molecule has 0 saturated carbocycles. The van der Waals surface area contributed by atoms with Gasteiger partial charge in [0, 0.05) is 0 Å². The van der Waals surface area contributed by atoms with Crippen LogP contribution < -0.4 is 0 Å². The topological polar surface area (TPSA) is 60.4 Å². The lowest BCUT2D eigenvalue weighted by Crippen LogP contribution is -2.35. The van der Waals surface area contributed by atoms with E-state index in [1.165, 1.54) is 27.0 Å². The number of carbonyl (C=O) groups excluding carboxylic acids is 3. The van der Waals surface area contributed by atoms with Gasteiger partial charge in [0.05, 0.1) is 13.5 Å². The third-order valence-corrected chi connectivity index (χ3v) is 2.99. The average molecular weight is 274 g/mol. The fraction of sp³-hybridized carbons (Fsp3) is 0.312. The smallest absolute Gasteiger partial charge is 0.318 e. The molecule has 1 rings (SSSR count). The number of hydrogen-bond acceptors (Lipinski definition) is 4. The lowest BCUT2D eigenvalue weighted by atomic mass is 9.85. The van der Waals surface area contributed by atoms with Crippen LogP contribution in [0.15, 0.2) is 36.4 Å². The molecular formula is C16H18O4. The molecule has 1 aromatic carbocycles. The molecule has 20 heavy (non-hydrogen) atoms. The zero-order valence-corrected chi connectivity index (χ0v) is 11.9. The van der Waals surface area contributed by atoms with Crippen molar-refractivity contribution in [2.45, 2.75) is 20.3 Å². The first-order valence-electron chi connectivity index (χ1n) is 6.25. The number of ketones is 2. The molecule has 0 spiro atoms. The molecule has 4 nitrogen and oxygen atoms in total. The van der Waals surface area contributed by atoms with Crippen LogP contribution in [0.25, 0.3) is 6.08 Å². The van der Waals surface area contributed by atoms with Crippen LogP contribution >= 0.6 is 0 Å². The lowest BCUT2D eigenvalue weighted by Gasteiger charge is -2.18. The Morgan fingerprint density at radius 1 is 1.15 bits per heavy atom. The predicted octanol–water partition coefficient (Wildman–Crippen LogP) is 2.43. The van der Waals surface area contributed by atoms with Gasteiger partial charge in [0.2, 0.25) is 0 Å². The molecule has 0 saturated heterocycles. The number of allylic oxidation sites excluding steroid dienone is 1. The quantitative estimate of drug-likeness (QED) is 0.454. The van der Waals surface area contributed by atoms with Gasteiger partial charge in [0.25, 0.3) is 0 Å². The summed E-state index contributed by atoms with van der Waals surface area (Å²) in [6.07, 6.45) is 2.67. The van der Waals surface area contributed by atoms with E-state index in [0.29, 0.717) is 0 Å². The molecule has 0 heterocycles. The Hall–Kier alpha value is -2.23. The molecule has 0 bridgehead atoms. The highest BCUT2D eigenvalue weighted by Crippen LogP contribution is 2.20. The third-order valence-electron chi connectivity index (χ3n) is 2.99. The van der Waals surface area contributed by atoms with Crippen LogP contribution in [0.5, 0.6) is 0 Å². The Kier molecular flexibility index (Phi) is 5.38. The SMILES string of the molecule is COC(=O)C(C)(C)C(=O)CC(=O)/C=C/c1ccccc1. The van der Waals surface area contributed by atoms with E-state index in [9.17, 15) is 14.4 Å². The number of hydrogen-bond donors (Lipinski definition) is 0. The van der Waals surface area contributed by atoms with Crippen LogP contribution in [0, 0.1) is 5.41 Å². The van der Waals surface area contributed by atoms with Gasteiger partial charge in [-0.1, -0.05) is 36.4 Å². The van der Waals surface area contributed by atoms with Crippen molar-refractivity contribution in [3.8, 4) is 0 Å². The van der Waals surface area contributed by atoms with Crippen LogP contribution in [-0.2, 0) is 19.1 Å². The first kappa shape index (κ1) is 15.8. The minimum Gasteiger partial charge on any atom is -0.468 e. The summed E-state index contributed by atoms with van der Waals surface area (Å²) in [5.41, 5.74) is -0.425. The van der Waals surface area contributed by atoms with Crippen LogP contribution in [0.1, 0.15) is 25.8 Å². The van der Waals surface area contributed by atoms with Gasteiger partial charge in [-0.15, -0.1) is 0 Å². The number of carbonyl (C=O) groups is 3. The van der Waals surface area contributed by atoms with Gasteiger partial charge >= 0.3 is 5.97 Å². The molecular weight excluding hydrogens is 256 g/mol. The highest BCUT2D eigenvalue weighted by Gasteiger charge is 2.37. The molecule has 0 amide bonds. The van der Waals surface area contributed by atoms with Gasteiger partial charge in [0.1, 0.15) is 5.41 Å².